The topological polar surface area (TPSA) is 40.6 Å². The molecule has 0 amide bonds. The zero-order valence-corrected chi connectivity index (χ0v) is 31.8. The van der Waals surface area contributed by atoms with Crippen molar-refractivity contribution in [3.63, 3.8) is 0 Å². The van der Waals surface area contributed by atoms with Crippen LogP contribution in [0.2, 0.25) is 0 Å². The molecule has 0 saturated carbocycles. The Morgan fingerprint density at radius 3 is 1.14 bits per heavy atom. The van der Waals surface area contributed by atoms with Gasteiger partial charge in [0.05, 0.1) is 33.1 Å². The summed E-state index contributed by atoms with van der Waals surface area (Å²) in [5.41, 5.74) is 15.1. The Morgan fingerprint density at radius 1 is 0.305 bits per heavy atom. The Balaban J connectivity index is 1.12. The lowest BCUT2D eigenvalue weighted by molar-refractivity contribution is 0.761. The fraction of sp³-hybridized carbons (Fsp3) is 0.0370. The number of rotatable bonds is 3. The number of aromatic nitrogens is 5. The molecule has 0 atom stereocenters. The van der Waals surface area contributed by atoms with Crippen molar-refractivity contribution in [3.8, 4) is 17.6 Å². The van der Waals surface area contributed by atoms with Crippen molar-refractivity contribution < 1.29 is 0 Å². The van der Waals surface area contributed by atoms with Crippen LogP contribution in [0, 0.1) is 0 Å². The van der Waals surface area contributed by atoms with Crippen LogP contribution in [0.5, 0.6) is 0 Å². The second kappa shape index (κ2) is 11.4. The maximum absolute atomic E-state index is 5.62. The Kier molecular flexibility index (Phi) is 6.07. The fourth-order valence-electron chi connectivity index (χ4n) is 11.0. The van der Waals surface area contributed by atoms with Gasteiger partial charge in [-0.25, -0.2) is 0 Å². The van der Waals surface area contributed by atoms with E-state index < -0.39 is 0 Å². The summed E-state index contributed by atoms with van der Waals surface area (Å²) in [7, 11) is 0. The summed E-state index contributed by atoms with van der Waals surface area (Å²) in [5, 5.41) is 7.27. The predicted octanol–water partition coefficient (Wildman–Crippen LogP) is 12.8. The van der Waals surface area contributed by atoms with Crippen molar-refractivity contribution in [2.24, 2.45) is 0 Å². The van der Waals surface area contributed by atoms with E-state index in [2.05, 4.69) is 202 Å². The van der Waals surface area contributed by atoms with Gasteiger partial charge in [-0.3, -0.25) is 13.7 Å². The molecule has 0 spiro atoms. The molecule has 4 heterocycles. The molecule has 0 unspecified atom stereocenters. The average Bonchev–Trinajstić information content (AvgIpc) is 3.95. The van der Waals surface area contributed by atoms with Crippen molar-refractivity contribution in [1.82, 2.24) is 23.7 Å². The summed E-state index contributed by atoms with van der Waals surface area (Å²) in [5.74, 6) is 2.58. The molecule has 0 aliphatic heterocycles. The van der Waals surface area contributed by atoms with Crippen molar-refractivity contribution in [2.45, 2.75) is 11.8 Å². The van der Waals surface area contributed by atoms with Gasteiger partial charge >= 0.3 is 0 Å². The molecular formula is C54H33N5. The SMILES string of the molecule is c1ccc2c(c1)C1c3ccccc3C2c2c1ccc1c2c2ccccc2n1-c1nc(-n2c3ccccc3c3ccccc32)cc(-n2c3ccccc3c3ccccc32)n1. The Labute approximate surface area is 338 Å². The molecule has 3 aliphatic carbocycles. The van der Waals surface area contributed by atoms with E-state index in [0.717, 1.165) is 44.7 Å². The maximum Gasteiger partial charge on any atom is 0.238 e. The van der Waals surface area contributed by atoms with Gasteiger partial charge in [0.25, 0.3) is 0 Å². The molecule has 274 valence electrons. The van der Waals surface area contributed by atoms with Gasteiger partial charge in [0.15, 0.2) is 0 Å². The highest BCUT2D eigenvalue weighted by molar-refractivity contribution is 6.13. The lowest BCUT2D eigenvalue weighted by Gasteiger charge is -2.42. The van der Waals surface area contributed by atoms with Crippen LogP contribution < -0.4 is 0 Å². The Morgan fingerprint density at radius 2 is 0.678 bits per heavy atom. The van der Waals surface area contributed by atoms with Gasteiger partial charge < -0.3 is 0 Å². The third-order valence-corrected chi connectivity index (χ3v) is 13.3. The molecule has 4 aromatic heterocycles. The van der Waals surface area contributed by atoms with E-state index in [4.69, 9.17) is 9.97 Å². The van der Waals surface area contributed by atoms with E-state index in [9.17, 15) is 0 Å². The monoisotopic (exact) mass is 751 g/mol. The zero-order chi connectivity index (χ0) is 38.3. The highest BCUT2D eigenvalue weighted by atomic mass is 15.2. The Hall–Kier alpha value is -7.76. The normalized spacial score (nSPS) is 15.5. The van der Waals surface area contributed by atoms with E-state index in [1.54, 1.807) is 0 Å². The van der Waals surface area contributed by atoms with Gasteiger partial charge in [0.2, 0.25) is 5.95 Å². The minimum Gasteiger partial charge on any atom is -0.294 e. The molecule has 59 heavy (non-hydrogen) atoms. The van der Waals surface area contributed by atoms with Crippen LogP contribution in [0.4, 0.5) is 0 Å². The molecule has 12 aromatic rings. The van der Waals surface area contributed by atoms with Crippen LogP contribution in [0.1, 0.15) is 45.2 Å². The van der Waals surface area contributed by atoms with E-state index in [0.29, 0.717) is 5.95 Å². The molecule has 0 radical (unpaired) electrons. The number of nitrogens with zero attached hydrogens (tertiary/aromatic N) is 5. The molecule has 5 nitrogen and oxygen atoms in total. The number of benzene rings is 8. The van der Waals surface area contributed by atoms with Crippen LogP contribution in [0.25, 0.3) is 83.0 Å². The van der Waals surface area contributed by atoms with Gasteiger partial charge in [-0.15, -0.1) is 0 Å². The summed E-state index contributed by atoms with van der Waals surface area (Å²) in [6.45, 7) is 0. The first-order valence-electron chi connectivity index (χ1n) is 20.4. The highest BCUT2D eigenvalue weighted by Gasteiger charge is 2.42. The highest BCUT2D eigenvalue weighted by Crippen LogP contribution is 2.58. The van der Waals surface area contributed by atoms with E-state index in [1.165, 1.54) is 65.7 Å². The molecule has 8 aromatic carbocycles. The fourth-order valence-corrected chi connectivity index (χ4v) is 11.0. The van der Waals surface area contributed by atoms with E-state index in [1.807, 2.05) is 0 Å². The molecule has 0 N–H and O–H groups in total. The van der Waals surface area contributed by atoms with Gasteiger partial charge in [-0.1, -0.05) is 146 Å². The summed E-state index contributed by atoms with van der Waals surface area (Å²) in [6, 6.07) is 68.5. The minimum atomic E-state index is 0.128. The van der Waals surface area contributed by atoms with Crippen molar-refractivity contribution in [1.29, 1.82) is 0 Å². The van der Waals surface area contributed by atoms with Gasteiger partial charge in [-0.05, 0) is 69.8 Å². The number of hydrogen-bond donors (Lipinski definition) is 0. The number of fused-ring (bicyclic) bond motifs is 9. The van der Waals surface area contributed by atoms with Crippen LogP contribution in [-0.2, 0) is 0 Å². The lowest BCUT2D eigenvalue weighted by Crippen LogP contribution is -2.27. The third kappa shape index (κ3) is 4.03. The van der Waals surface area contributed by atoms with Crippen LogP contribution in [-0.4, -0.2) is 23.7 Å². The molecular weight excluding hydrogens is 719 g/mol. The smallest absolute Gasteiger partial charge is 0.238 e. The van der Waals surface area contributed by atoms with Crippen LogP contribution >= 0.6 is 0 Å². The summed E-state index contributed by atoms with van der Waals surface area (Å²) in [6.07, 6.45) is 0. The second-order valence-electron chi connectivity index (χ2n) is 16.1. The van der Waals surface area contributed by atoms with Gasteiger partial charge in [0.1, 0.15) is 11.6 Å². The zero-order valence-electron chi connectivity index (χ0n) is 31.8. The predicted molar refractivity (Wildman–Crippen MR) is 240 cm³/mol. The van der Waals surface area contributed by atoms with E-state index >= 15 is 0 Å². The summed E-state index contributed by atoms with van der Waals surface area (Å²) < 4.78 is 6.95. The van der Waals surface area contributed by atoms with Gasteiger partial charge in [0, 0.05) is 50.2 Å². The second-order valence-corrected chi connectivity index (χ2v) is 16.1. The molecule has 0 saturated heterocycles. The van der Waals surface area contributed by atoms with Crippen molar-refractivity contribution in [3.05, 3.63) is 221 Å². The van der Waals surface area contributed by atoms with Crippen molar-refractivity contribution >= 4 is 65.4 Å². The first kappa shape index (κ1) is 31.3. The summed E-state index contributed by atoms with van der Waals surface area (Å²) >= 11 is 0. The maximum atomic E-state index is 5.62. The molecule has 15 rings (SSSR count). The first-order chi connectivity index (χ1) is 29.3. The summed E-state index contributed by atoms with van der Waals surface area (Å²) in [4.78, 5) is 11.2. The van der Waals surface area contributed by atoms with E-state index in [-0.39, 0.29) is 11.8 Å². The van der Waals surface area contributed by atoms with Crippen molar-refractivity contribution in [2.75, 3.05) is 0 Å². The molecule has 0 fully saturated rings. The van der Waals surface area contributed by atoms with Gasteiger partial charge in [-0.2, -0.15) is 9.97 Å². The third-order valence-electron chi connectivity index (χ3n) is 13.3. The Bertz CT molecular complexity index is 3480. The largest absolute Gasteiger partial charge is 0.294 e. The van der Waals surface area contributed by atoms with Crippen LogP contribution in [0.15, 0.2) is 188 Å². The quantitative estimate of drug-likeness (QED) is 0.180. The molecule has 5 heteroatoms. The minimum absolute atomic E-state index is 0.128. The first-order valence-corrected chi connectivity index (χ1v) is 20.4. The lowest BCUT2D eigenvalue weighted by atomic mass is 9.60. The molecule has 3 aliphatic rings. The average molecular weight is 752 g/mol. The van der Waals surface area contributed by atoms with Crippen LogP contribution in [0.3, 0.4) is 0 Å². The number of para-hydroxylation sites is 5. The standard InChI is InChI=1S/C54H33N5/c1-3-21-38-36(19-1)50-37-20-2-4-22-39(37)51(38)53-41(50)29-30-47-52(53)40-23-9-14-28-46(40)59(47)54-55-48(57-42-24-10-5-15-32(42)33-16-6-11-25-43(33)57)31-49(56-54)58-44-26-12-7-17-34(44)35-18-8-13-27-45(35)58/h1-31,50-51H. The molecule has 2 bridgehead atoms. The number of hydrogen-bond acceptors (Lipinski definition) is 2.